The van der Waals surface area contributed by atoms with Crippen molar-refractivity contribution in [2.24, 2.45) is 5.73 Å². The maximum atomic E-state index is 13.4. The molecule has 0 aliphatic carbocycles. The molecule has 2 aromatic carbocycles. The Kier molecular flexibility index (Phi) is 3.82. The number of hydrogen-bond donors (Lipinski definition) is 1. The minimum absolute atomic E-state index is 0.313. The Balaban J connectivity index is 2.40. The molecule has 0 saturated heterocycles. The van der Waals surface area contributed by atoms with Crippen LogP contribution in [0.3, 0.4) is 0 Å². The highest BCUT2D eigenvalue weighted by Gasteiger charge is 2.14. The first-order valence-electron chi connectivity index (χ1n) is 5.04. The highest BCUT2D eigenvalue weighted by molar-refractivity contribution is 9.10. The molecule has 2 aromatic rings. The topological polar surface area (TPSA) is 26.0 Å². The van der Waals surface area contributed by atoms with Crippen LogP contribution in [0.5, 0.6) is 0 Å². The van der Waals surface area contributed by atoms with E-state index in [0.717, 1.165) is 5.56 Å². The molecular weight excluding hydrogens is 305 g/mol. The van der Waals surface area contributed by atoms with Gasteiger partial charge in [0.15, 0.2) is 0 Å². The summed E-state index contributed by atoms with van der Waals surface area (Å²) < 4.78 is 13.8. The molecule has 0 heterocycles. The van der Waals surface area contributed by atoms with Gasteiger partial charge in [-0.05, 0) is 45.3 Å². The van der Waals surface area contributed by atoms with E-state index >= 15 is 0 Å². The largest absolute Gasteiger partial charge is 0.320 e. The Hall–Kier alpha value is -0.900. The molecule has 0 aliphatic rings. The van der Waals surface area contributed by atoms with Gasteiger partial charge >= 0.3 is 0 Å². The van der Waals surface area contributed by atoms with E-state index in [1.54, 1.807) is 24.3 Å². The summed E-state index contributed by atoms with van der Waals surface area (Å²) in [6, 6.07) is 11.7. The fourth-order valence-corrected chi connectivity index (χ4v) is 2.25. The highest BCUT2D eigenvalue weighted by atomic mass is 79.9. The molecule has 1 unspecified atom stereocenters. The predicted molar refractivity (Wildman–Crippen MR) is 71.6 cm³/mol. The summed E-state index contributed by atoms with van der Waals surface area (Å²) in [6.45, 7) is 0. The quantitative estimate of drug-likeness (QED) is 0.879. The van der Waals surface area contributed by atoms with Crippen molar-refractivity contribution in [3.63, 3.8) is 0 Å². The van der Waals surface area contributed by atoms with Gasteiger partial charge in [-0.1, -0.05) is 35.9 Å². The number of nitrogens with two attached hydrogens (primary N) is 1. The number of hydrogen-bond acceptors (Lipinski definition) is 1. The van der Waals surface area contributed by atoms with Crippen LogP contribution >= 0.6 is 27.5 Å². The minimum Gasteiger partial charge on any atom is -0.320 e. The van der Waals surface area contributed by atoms with Gasteiger partial charge in [0.1, 0.15) is 5.82 Å². The van der Waals surface area contributed by atoms with Crippen molar-refractivity contribution in [2.45, 2.75) is 6.04 Å². The van der Waals surface area contributed by atoms with Crippen LogP contribution in [-0.2, 0) is 0 Å². The zero-order chi connectivity index (χ0) is 12.4. The van der Waals surface area contributed by atoms with Crippen LogP contribution in [0.25, 0.3) is 0 Å². The lowest BCUT2D eigenvalue weighted by molar-refractivity contribution is 0.616. The van der Waals surface area contributed by atoms with Crippen LogP contribution < -0.4 is 5.73 Å². The van der Waals surface area contributed by atoms with Gasteiger partial charge in [-0.2, -0.15) is 0 Å². The Bertz CT molecular complexity index is 527. The van der Waals surface area contributed by atoms with Crippen molar-refractivity contribution in [3.05, 3.63) is 68.9 Å². The molecule has 88 valence electrons. The maximum absolute atomic E-state index is 13.4. The van der Waals surface area contributed by atoms with E-state index in [0.29, 0.717) is 15.1 Å². The van der Waals surface area contributed by atoms with Crippen LogP contribution in [0, 0.1) is 5.82 Å². The molecule has 4 heteroatoms. The molecular formula is C13H10BrClFN. The summed E-state index contributed by atoms with van der Waals surface area (Å²) in [6.07, 6.45) is 0. The number of benzene rings is 2. The average molecular weight is 315 g/mol. The Morgan fingerprint density at radius 3 is 2.41 bits per heavy atom. The van der Waals surface area contributed by atoms with E-state index < -0.39 is 0 Å². The molecule has 0 bridgehead atoms. The molecule has 0 saturated carbocycles. The number of rotatable bonds is 2. The van der Waals surface area contributed by atoms with Crippen molar-refractivity contribution >= 4 is 27.5 Å². The third-order valence-corrected chi connectivity index (χ3v) is 3.63. The van der Waals surface area contributed by atoms with Crippen LogP contribution in [-0.4, -0.2) is 0 Å². The Morgan fingerprint density at radius 2 is 1.76 bits per heavy atom. The first-order valence-corrected chi connectivity index (χ1v) is 6.21. The molecule has 2 N–H and O–H groups in total. The normalized spacial score (nSPS) is 12.5. The molecule has 0 amide bonds. The van der Waals surface area contributed by atoms with Gasteiger partial charge in [-0.25, -0.2) is 4.39 Å². The average Bonchev–Trinajstić information content (AvgIpc) is 2.33. The van der Waals surface area contributed by atoms with Gasteiger partial charge in [0.25, 0.3) is 0 Å². The van der Waals surface area contributed by atoms with Crippen molar-refractivity contribution in [1.82, 2.24) is 0 Å². The van der Waals surface area contributed by atoms with E-state index in [2.05, 4.69) is 15.9 Å². The SMILES string of the molecule is NC(c1ccc(Cl)cc1)c1cccc(F)c1Br. The fourth-order valence-electron chi connectivity index (χ4n) is 1.61. The maximum Gasteiger partial charge on any atom is 0.137 e. The third-order valence-electron chi connectivity index (χ3n) is 2.55. The van der Waals surface area contributed by atoms with Crippen molar-refractivity contribution in [2.75, 3.05) is 0 Å². The van der Waals surface area contributed by atoms with Gasteiger partial charge in [-0.3, -0.25) is 0 Å². The first kappa shape index (κ1) is 12.6. The second kappa shape index (κ2) is 5.17. The van der Waals surface area contributed by atoms with Gasteiger partial charge in [0, 0.05) is 5.02 Å². The smallest absolute Gasteiger partial charge is 0.137 e. The molecule has 0 radical (unpaired) electrons. The van der Waals surface area contributed by atoms with E-state index in [-0.39, 0.29) is 11.9 Å². The lowest BCUT2D eigenvalue weighted by Crippen LogP contribution is -2.12. The lowest BCUT2D eigenvalue weighted by atomic mass is 10.00. The van der Waals surface area contributed by atoms with E-state index in [1.165, 1.54) is 6.07 Å². The van der Waals surface area contributed by atoms with Gasteiger partial charge in [0.05, 0.1) is 10.5 Å². The van der Waals surface area contributed by atoms with Crippen molar-refractivity contribution in [1.29, 1.82) is 0 Å². The minimum atomic E-state index is -0.377. The molecule has 0 spiro atoms. The molecule has 2 rings (SSSR count). The summed E-state index contributed by atoms with van der Waals surface area (Å²) >= 11 is 9.02. The highest BCUT2D eigenvalue weighted by Crippen LogP contribution is 2.29. The number of halogens is 3. The molecule has 1 nitrogen and oxygen atoms in total. The van der Waals surface area contributed by atoms with Crippen LogP contribution in [0.15, 0.2) is 46.9 Å². The van der Waals surface area contributed by atoms with E-state index in [9.17, 15) is 4.39 Å². The molecule has 17 heavy (non-hydrogen) atoms. The molecule has 1 atom stereocenters. The second-order valence-electron chi connectivity index (χ2n) is 3.67. The van der Waals surface area contributed by atoms with E-state index in [1.807, 2.05) is 12.1 Å². The molecule has 0 aliphatic heterocycles. The third kappa shape index (κ3) is 2.68. The first-order chi connectivity index (χ1) is 8.09. The molecule has 0 aromatic heterocycles. The fraction of sp³-hybridized carbons (Fsp3) is 0.0769. The summed E-state index contributed by atoms with van der Waals surface area (Å²) in [5.41, 5.74) is 7.70. The van der Waals surface area contributed by atoms with Crippen molar-refractivity contribution in [3.8, 4) is 0 Å². The van der Waals surface area contributed by atoms with Gasteiger partial charge in [-0.15, -0.1) is 0 Å². The second-order valence-corrected chi connectivity index (χ2v) is 4.90. The molecule has 0 fully saturated rings. The predicted octanol–water partition coefficient (Wildman–Crippen LogP) is 4.29. The van der Waals surface area contributed by atoms with Crippen LogP contribution in [0.4, 0.5) is 4.39 Å². The monoisotopic (exact) mass is 313 g/mol. The summed E-state index contributed by atoms with van der Waals surface area (Å²) in [7, 11) is 0. The zero-order valence-corrected chi connectivity index (χ0v) is 11.2. The summed E-state index contributed by atoms with van der Waals surface area (Å²) in [5.74, 6) is -0.313. The summed E-state index contributed by atoms with van der Waals surface area (Å²) in [5, 5.41) is 0.652. The van der Waals surface area contributed by atoms with Crippen LogP contribution in [0.1, 0.15) is 17.2 Å². The van der Waals surface area contributed by atoms with Crippen LogP contribution in [0.2, 0.25) is 5.02 Å². The Labute approximate surface area is 113 Å². The van der Waals surface area contributed by atoms with Gasteiger partial charge < -0.3 is 5.73 Å². The Morgan fingerprint density at radius 1 is 1.12 bits per heavy atom. The standard InChI is InChI=1S/C13H10BrClFN/c14-12-10(2-1-3-11(12)16)13(17)8-4-6-9(15)7-5-8/h1-7,13H,17H2. The lowest BCUT2D eigenvalue weighted by Gasteiger charge is -2.14. The zero-order valence-electron chi connectivity index (χ0n) is 8.83. The van der Waals surface area contributed by atoms with Crippen molar-refractivity contribution < 1.29 is 4.39 Å². The van der Waals surface area contributed by atoms with Gasteiger partial charge in [0.2, 0.25) is 0 Å². The van der Waals surface area contributed by atoms with E-state index in [4.69, 9.17) is 17.3 Å². The summed E-state index contributed by atoms with van der Waals surface area (Å²) in [4.78, 5) is 0.